The molecule has 1 aromatic rings. The molecule has 2 amide bonds. The Balaban J connectivity index is 1.69. The van der Waals surface area contributed by atoms with Crippen molar-refractivity contribution in [3.05, 3.63) is 18.5 Å². The van der Waals surface area contributed by atoms with Gasteiger partial charge in [0.15, 0.2) is 0 Å². The Morgan fingerprint density at radius 3 is 2.15 bits per heavy atom. The minimum atomic E-state index is -0.114. The highest BCUT2D eigenvalue weighted by molar-refractivity contribution is 5.97. The minimum Gasteiger partial charge on any atom is -0.338 e. The molecule has 2 aliphatic rings. The number of hydrogen-bond donors (Lipinski definition) is 0. The van der Waals surface area contributed by atoms with Crippen LogP contribution in [0.3, 0.4) is 0 Å². The van der Waals surface area contributed by atoms with E-state index in [-0.39, 0.29) is 18.0 Å². The quantitative estimate of drug-likeness (QED) is 0.723. The van der Waals surface area contributed by atoms with Gasteiger partial charge in [0.1, 0.15) is 0 Å². The molecular weight excluding hydrogens is 330 g/mol. The highest BCUT2D eigenvalue weighted by Gasteiger charge is 2.36. The Hall–Kier alpha value is -2.02. The van der Waals surface area contributed by atoms with Gasteiger partial charge in [-0.05, 0) is 31.2 Å². The molecule has 0 spiro atoms. The molecule has 2 aliphatic heterocycles. The predicted molar refractivity (Wildman–Crippen MR) is 99.4 cm³/mol. The highest BCUT2D eigenvalue weighted by atomic mass is 16.2. The fraction of sp³-hybridized carbons (Fsp3) is 0.684. The van der Waals surface area contributed by atoms with Crippen LogP contribution in [0.25, 0.3) is 0 Å². The van der Waals surface area contributed by atoms with Crippen molar-refractivity contribution in [2.24, 2.45) is 5.92 Å². The van der Waals surface area contributed by atoms with E-state index in [4.69, 9.17) is 0 Å². The number of anilines is 1. The summed E-state index contributed by atoms with van der Waals surface area (Å²) in [6, 6.07) is 1.81. The monoisotopic (exact) mass is 359 g/mol. The fourth-order valence-corrected chi connectivity index (χ4v) is 3.74. The number of rotatable bonds is 6. The van der Waals surface area contributed by atoms with E-state index in [1.807, 2.05) is 6.07 Å². The fourth-order valence-electron chi connectivity index (χ4n) is 3.74. The second-order valence-corrected chi connectivity index (χ2v) is 7.53. The first-order chi connectivity index (χ1) is 12.6. The second kappa shape index (κ2) is 8.58. The summed E-state index contributed by atoms with van der Waals surface area (Å²) in [5, 5.41) is 0. The van der Waals surface area contributed by atoms with Crippen molar-refractivity contribution in [2.45, 2.75) is 52.1 Å². The summed E-state index contributed by atoms with van der Waals surface area (Å²) >= 11 is 0. The number of imide groups is 1. The van der Waals surface area contributed by atoms with Gasteiger partial charge in [-0.25, -0.2) is 9.97 Å². The first-order valence-corrected chi connectivity index (χ1v) is 9.67. The van der Waals surface area contributed by atoms with E-state index in [0.717, 1.165) is 45.0 Å². The van der Waals surface area contributed by atoms with Gasteiger partial charge in [0.25, 0.3) is 0 Å². The molecule has 7 nitrogen and oxygen atoms in total. The van der Waals surface area contributed by atoms with Crippen LogP contribution < -0.4 is 4.90 Å². The van der Waals surface area contributed by atoms with Crippen LogP contribution in [0, 0.1) is 5.92 Å². The molecule has 0 saturated carbocycles. The van der Waals surface area contributed by atoms with Gasteiger partial charge in [0.2, 0.25) is 17.8 Å². The zero-order valence-corrected chi connectivity index (χ0v) is 15.8. The molecule has 142 valence electrons. The van der Waals surface area contributed by atoms with Crippen LogP contribution in [0.4, 0.5) is 5.95 Å². The van der Waals surface area contributed by atoms with Gasteiger partial charge in [0.05, 0.1) is 6.17 Å². The van der Waals surface area contributed by atoms with E-state index in [1.54, 1.807) is 17.3 Å². The van der Waals surface area contributed by atoms with Gasteiger partial charge in [-0.3, -0.25) is 19.4 Å². The predicted octanol–water partition coefficient (Wildman–Crippen LogP) is 1.90. The molecule has 1 atom stereocenters. The van der Waals surface area contributed by atoms with Crippen LogP contribution in [0.1, 0.15) is 46.0 Å². The third-order valence-electron chi connectivity index (χ3n) is 5.19. The summed E-state index contributed by atoms with van der Waals surface area (Å²) in [5.41, 5.74) is 0. The standard InChI is InChI=1S/C19H29N5O2/c1-15(2)7-8-16(24-17(25)5-3-6-18(24)26)22-11-13-23(14-12-22)19-20-9-4-10-21-19/h4,9-10,15-16H,3,5-8,11-14H2,1-2H3. The average molecular weight is 359 g/mol. The van der Waals surface area contributed by atoms with Crippen molar-refractivity contribution in [2.75, 3.05) is 31.1 Å². The van der Waals surface area contributed by atoms with Crippen LogP contribution in [-0.2, 0) is 9.59 Å². The molecule has 0 aliphatic carbocycles. The molecule has 2 saturated heterocycles. The first-order valence-electron chi connectivity index (χ1n) is 9.67. The number of hydrogen-bond acceptors (Lipinski definition) is 6. The maximum absolute atomic E-state index is 12.5. The number of carbonyl (C=O) groups excluding carboxylic acids is 2. The molecular formula is C19H29N5O2. The number of piperidine rings is 1. The van der Waals surface area contributed by atoms with E-state index in [2.05, 4.69) is 33.6 Å². The molecule has 2 fully saturated rings. The third-order valence-corrected chi connectivity index (χ3v) is 5.19. The number of nitrogens with zero attached hydrogens (tertiary/aromatic N) is 5. The zero-order valence-electron chi connectivity index (χ0n) is 15.8. The van der Waals surface area contributed by atoms with Gasteiger partial charge >= 0.3 is 0 Å². The Kier molecular flexibility index (Phi) is 6.19. The molecule has 0 bridgehead atoms. The number of carbonyl (C=O) groups is 2. The summed E-state index contributed by atoms with van der Waals surface area (Å²) in [7, 11) is 0. The summed E-state index contributed by atoms with van der Waals surface area (Å²) < 4.78 is 0. The number of piperazine rings is 1. The van der Waals surface area contributed by atoms with Crippen LogP contribution >= 0.6 is 0 Å². The van der Waals surface area contributed by atoms with E-state index in [0.29, 0.717) is 25.2 Å². The van der Waals surface area contributed by atoms with E-state index >= 15 is 0 Å². The molecule has 3 heterocycles. The van der Waals surface area contributed by atoms with Crippen molar-refractivity contribution in [3.63, 3.8) is 0 Å². The maximum atomic E-state index is 12.5. The Morgan fingerprint density at radius 2 is 1.58 bits per heavy atom. The molecule has 7 heteroatoms. The van der Waals surface area contributed by atoms with E-state index < -0.39 is 0 Å². The van der Waals surface area contributed by atoms with Gasteiger partial charge in [0, 0.05) is 51.4 Å². The second-order valence-electron chi connectivity index (χ2n) is 7.53. The lowest BCUT2D eigenvalue weighted by atomic mass is 10.0. The van der Waals surface area contributed by atoms with Crippen LogP contribution in [0.2, 0.25) is 0 Å². The van der Waals surface area contributed by atoms with Crippen molar-refractivity contribution < 1.29 is 9.59 Å². The maximum Gasteiger partial charge on any atom is 0.230 e. The summed E-state index contributed by atoms with van der Waals surface area (Å²) in [6.45, 7) is 7.58. The smallest absolute Gasteiger partial charge is 0.230 e. The molecule has 0 N–H and O–H groups in total. The minimum absolute atomic E-state index is 0.0103. The zero-order chi connectivity index (χ0) is 18.5. The SMILES string of the molecule is CC(C)CCC(N1CCN(c2ncccn2)CC1)N1C(=O)CCCC1=O. The average Bonchev–Trinajstić information content (AvgIpc) is 2.65. The molecule has 26 heavy (non-hydrogen) atoms. The van der Waals surface area contributed by atoms with Gasteiger partial charge in [-0.2, -0.15) is 0 Å². The number of aromatic nitrogens is 2. The lowest BCUT2D eigenvalue weighted by Gasteiger charge is -2.44. The van der Waals surface area contributed by atoms with E-state index in [1.165, 1.54) is 0 Å². The van der Waals surface area contributed by atoms with Crippen LogP contribution in [-0.4, -0.2) is 63.9 Å². The van der Waals surface area contributed by atoms with Gasteiger partial charge < -0.3 is 4.90 Å². The van der Waals surface area contributed by atoms with Crippen LogP contribution in [0.15, 0.2) is 18.5 Å². The van der Waals surface area contributed by atoms with Crippen molar-refractivity contribution in [3.8, 4) is 0 Å². The van der Waals surface area contributed by atoms with E-state index in [9.17, 15) is 9.59 Å². The topological polar surface area (TPSA) is 69.6 Å². The number of amides is 2. The Bertz CT molecular complexity index is 598. The molecule has 0 aromatic carbocycles. The first kappa shape index (κ1) is 18.8. The lowest BCUT2D eigenvalue weighted by molar-refractivity contribution is -0.156. The largest absolute Gasteiger partial charge is 0.338 e. The summed E-state index contributed by atoms with van der Waals surface area (Å²) in [5.74, 6) is 1.27. The number of likely N-dealkylation sites (tertiary alicyclic amines) is 1. The Labute approximate surface area is 155 Å². The summed E-state index contributed by atoms with van der Waals surface area (Å²) in [4.78, 5) is 39.6. The van der Waals surface area contributed by atoms with Gasteiger partial charge in [-0.1, -0.05) is 13.8 Å². The van der Waals surface area contributed by atoms with Gasteiger partial charge in [-0.15, -0.1) is 0 Å². The molecule has 3 rings (SSSR count). The Morgan fingerprint density at radius 1 is 0.962 bits per heavy atom. The third kappa shape index (κ3) is 4.38. The highest BCUT2D eigenvalue weighted by Crippen LogP contribution is 2.24. The lowest BCUT2D eigenvalue weighted by Crippen LogP contribution is -2.59. The molecule has 1 aromatic heterocycles. The van der Waals surface area contributed by atoms with Crippen molar-refractivity contribution in [1.29, 1.82) is 0 Å². The van der Waals surface area contributed by atoms with Crippen molar-refractivity contribution in [1.82, 2.24) is 19.8 Å². The summed E-state index contributed by atoms with van der Waals surface area (Å²) in [6.07, 6.45) is 6.90. The van der Waals surface area contributed by atoms with Crippen molar-refractivity contribution >= 4 is 17.8 Å². The molecule has 1 unspecified atom stereocenters. The van der Waals surface area contributed by atoms with Crippen LogP contribution in [0.5, 0.6) is 0 Å². The molecule has 0 radical (unpaired) electrons. The normalized spacial score (nSPS) is 20.7.